The molecule has 2 aromatic rings. The standard InChI is InChI=1S/C12H15N5O/c1-3-4-13-10-7-9(16-8-17-10)11-12(18-2)15-6-5-14-11/h5-8H,3-4H2,1-2H3,(H,13,16,17). The molecule has 0 radical (unpaired) electrons. The molecule has 0 saturated heterocycles. The molecule has 1 N–H and O–H groups in total. The van der Waals surface area contributed by atoms with Crippen LogP contribution in [0.5, 0.6) is 5.88 Å². The number of hydrogen-bond donors (Lipinski definition) is 1. The lowest BCUT2D eigenvalue weighted by atomic mass is 10.3. The van der Waals surface area contributed by atoms with Gasteiger partial charge >= 0.3 is 0 Å². The molecule has 0 fully saturated rings. The van der Waals surface area contributed by atoms with Gasteiger partial charge in [0.2, 0.25) is 5.88 Å². The lowest BCUT2D eigenvalue weighted by molar-refractivity contribution is 0.397. The fraction of sp³-hybridized carbons (Fsp3) is 0.333. The van der Waals surface area contributed by atoms with Crippen molar-refractivity contribution >= 4 is 5.82 Å². The van der Waals surface area contributed by atoms with E-state index in [0.29, 0.717) is 17.3 Å². The predicted molar refractivity (Wildman–Crippen MR) is 68.4 cm³/mol. The van der Waals surface area contributed by atoms with Crippen LogP contribution in [-0.2, 0) is 0 Å². The van der Waals surface area contributed by atoms with E-state index in [9.17, 15) is 0 Å². The summed E-state index contributed by atoms with van der Waals surface area (Å²) in [6, 6.07) is 1.84. The van der Waals surface area contributed by atoms with E-state index < -0.39 is 0 Å². The van der Waals surface area contributed by atoms with Gasteiger partial charge < -0.3 is 10.1 Å². The Hall–Kier alpha value is -2.24. The highest BCUT2D eigenvalue weighted by Crippen LogP contribution is 2.23. The highest BCUT2D eigenvalue weighted by atomic mass is 16.5. The number of hydrogen-bond acceptors (Lipinski definition) is 6. The van der Waals surface area contributed by atoms with E-state index in [2.05, 4.69) is 32.2 Å². The van der Waals surface area contributed by atoms with Crippen LogP contribution in [0.25, 0.3) is 11.4 Å². The van der Waals surface area contributed by atoms with Crippen molar-refractivity contribution in [2.75, 3.05) is 19.0 Å². The van der Waals surface area contributed by atoms with Gasteiger partial charge in [-0.2, -0.15) is 0 Å². The minimum absolute atomic E-state index is 0.456. The number of methoxy groups -OCH3 is 1. The van der Waals surface area contributed by atoms with E-state index >= 15 is 0 Å². The Morgan fingerprint density at radius 2 is 2.00 bits per heavy atom. The zero-order valence-electron chi connectivity index (χ0n) is 10.4. The summed E-state index contributed by atoms with van der Waals surface area (Å²) in [5, 5.41) is 3.20. The minimum atomic E-state index is 0.456. The van der Waals surface area contributed by atoms with Gasteiger partial charge in [-0.05, 0) is 6.42 Å². The van der Waals surface area contributed by atoms with Crippen LogP contribution in [0.4, 0.5) is 5.82 Å². The highest BCUT2D eigenvalue weighted by Gasteiger charge is 2.10. The van der Waals surface area contributed by atoms with Crippen LogP contribution in [0.3, 0.4) is 0 Å². The number of anilines is 1. The second kappa shape index (κ2) is 5.90. The van der Waals surface area contributed by atoms with E-state index in [4.69, 9.17) is 4.74 Å². The molecule has 0 bridgehead atoms. The SMILES string of the molecule is CCCNc1cc(-c2nccnc2OC)ncn1. The van der Waals surface area contributed by atoms with Gasteiger partial charge in [-0.15, -0.1) is 0 Å². The molecule has 6 nitrogen and oxygen atoms in total. The number of nitrogens with one attached hydrogen (secondary N) is 1. The van der Waals surface area contributed by atoms with Crippen molar-refractivity contribution in [3.8, 4) is 17.3 Å². The molecule has 0 amide bonds. The van der Waals surface area contributed by atoms with Crippen LogP contribution < -0.4 is 10.1 Å². The molecular formula is C12H15N5O. The average molecular weight is 245 g/mol. The van der Waals surface area contributed by atoms with Gasteiger partial charge in [-0.1, -0.05) is 6.92 Å². The number of aromatic nitrogens is 4. The minimum Gasteiger partial charge on any atom is -0.479 e. The van der Waals surface area contributed by atoms with E-state index in [1.807, 2.05) is 6.07 Å². The largest absolute Gasteiger partial charge is 0.479 e. The number of ether oxygens (including phenoxy) is 1. The summed E-state index contributed by atoms with van der Waals surface area (Å²) in [5.74, 6) is 1.23. The molecule has 0 atom stereocenters. The Balaban J connectivity index is 2.32. The first-order valence-corrected chi connectivity index (χ1v) is 5.76. The quantitative estimate of drug-likeness (QED) is 0.865. The predicted octanol–water partition coefficient (Wildman–Crippen LogP) is 1.76. The first-order valence-electron chi connectivity index (χ1n) is 5.76. The van der Waals surface area contributed by atoms with Crippen LogP contribution in [0.2, 0.25) is 0 Å². The van der Waals surface area contributed by atoms with E-state index in [1.54, 1.807) is 19.5 Å². The fourth-order valence-electron chi connectivity index (χ4n) is 1.49. The molecule has 2 heterocycles. The Morgan fingerprint density at radius 3 is 2.78 bits per heavy atom. The maximum absolute atomic E-state index is 5.17. The van der Waals surface area contributed by atoms with E-state index in [0.717, 1.165) is 18.8 Å². The average Bonchev–Trinajstić information content (AvgIpc) is 2.45. The van der Waals surface area contributed by atoms with E-state index in [1.165, 1.54) is 6.33 Å². The van der Waals surface area contributed by atoms with Crippen LogP contribution in [0, 0.1) is 0 Å². The van der Waals surface area contributed by atoms with Crippen LogP contribution in [-0.4, -0.2) is 33.6 Å². The normalized spacial score (nSPS) is 10.1. The van der Waals surface area contributed by atoms with Crippen molar-refractivity contribution < 1.29 is 4.74 Å². The van der Waals surface area contributed by atoms with Gasteiger partial charge in [-0.3, -0.25) is 0 Å². The van der Waals surface area contributed by atoms with Gasteiger partial charge in [0.25, 0.3) is 0 Å². The van der Waals surface area contributed by atoms with Gasteiger partial charge in [0.05, 0.1) is 12.8 Å². The molecule has 0 saturated carbocycles. The molecule has 94 valence electrons. The summed E-state index contributed by atoms with van der Waals surface area (Å²) in [6.45, 7) is 2.97. The van der Waals surface area contributed by atoms with Gasteiger partial charge in [0.1, 0.15) is 12.1 Å². The van der Waals surface area contributed by atoms with Gasteiger partial charge in [0, 0.05) is 25.0 Å². The molecule has 2 rings (SSSR count). The lowest BCUT2D eigenvalue weighted by Crippen LogP contribution is -2.03. The van der Waals surface area contributed by atoms with Crippen molar-refractivity contribution in [1.82, 2.24) is 19.9 Å². The summed E-state index contributed by atoms with van der Waals surface area (Å²) in [5.41, 5.74) is 1.30. The number of rotatable bonds is 5. The van der Waals surface area contributed by atoms with Crippen molar-refractivity contribution in [3.63, 3.8) is 0 Å². The van der Waals surface area contributed by atoms with Crippen molar-refractivity contribution in [1.29, 1.82) is 0 Å². The van der Waals surface area contributed by atoms with Crippen LogP contribution in [0.1, 0.15) is 13.3 Å². The second-order valence-corrected chi connectivity index (χ2v) is 3.63. The summed E-state index contributed by atoms with van der Waals surface area (Å²) < 4.78 is 5.17. The maximum atomic E-state index is 5.17. The molecule has 18 heavy (non-hydrogen) atoms. The molecule has 0 aliphatic rings. The molecular weight excluding hydrogens is 230 g/mol. The molecule has 2 aromatic heterocycles. The molecule has 0 unspecified atom stereocenters. The summed E-state index contributed by atoms with van der Waals surface area (Å²) in [6.07, 6.45) is 5.73. The third kappa shape index (κ3) is 2.71. The molecule has 0 aliphatic heterocycles. The third-order valence-corrected chi connectivity index (χ3v) is 2.32. The summed E-state index contributed by atoms with van der Waals surface area (Å²) in [4.78, 5) is 16.7. The third-order valence-electron chi connectivity index (χ3n) is 2.32. The highest BCUT2D eigenvalue weighted by molar-refractivity contribution is 5.62. The monoisotopic (exact) mass is 245 g/mol. The van der Waals surface area contributed by atoms with Crippen LogP contribution in [0.15, 0.2) is 24.8 Å². The zero-order chi connectivity index (χ0) is 12.8. The van der Waals surface area contributed by atoms with Crippen LogP contribution >= 0.6 is 0 Å². The second-order valence-electron chi connectivity index (χ2n) is 3.63. The Labute approximate surface area is 105 Å². The smallest absolute Gasteiger partial charge is 0.241 e. The van der Waals surface area contributed by atoms with E-state index in [-0.39, 0.29) is 0 Å². The fourth-order valence-corrected chi connectivity index (χ4v) is 1.49. The van der Waals surface area contributed by atoms with Gasteiger partial charge in [-0.25, -0.2) is 19.9 Å². The first-order chi connectivity index (χ1) is 8.85. The Morgan fingerprint density at radius 1 is 1.17 bits per heavy atom. The number of nitrogens with zero attached hydrogens (tertiary/aromatic N) is 4. The molecule has 0 aromatic carbocycles. The molecule has 6 heteroatoms. The first kappa shape index (κ1) is 12.2. The van der Waals surface area contributed by atoms with Gasteiger partial charge in [0.15, 0.2) is 5.69 Å². The molecule has 0 spiro atoms. The maximum Gasteiger partial charge on any atom is 0.241 e. The van der Waals surface area contributed by atoms with Crippen molar-refractivity contribution in [3.05, 3.63) is 24.8 Å². The molecule has 0 aliphatic carbocycles. The topological polar surface area (TPSA) is 72.8 Å². The van der Waals surface area contributed by atoms with Crippen molar-refractivity contribution in [2.24, 2.45) is 0 Å². The zero-order valence-corrected chi connectivity index (χ0v) is 10.4. The lowest BCUT2D eigenvalue weighted by Gasteiger charge is -2.07. The summed E-state index contributed by atoms with van der Waals surface area (Å²) >= 11 is 0. The Kier molecular flexibility index (Phi) is 4.01. The van der Waals surface area contributed by atoms with Crippen molar-refractivity contribution in [2.45, 2.75) is 13.3 Å². The summed E-state index contributed by atoms with van der Waals surface area (Å²) in [7, 11) is 1.56. The Bertz CT molecular complexity index is 517.